The maximum atomic E-state index is 6.58. The number of benzene rings is 1. The standard InChI is InChI=1S/C16H18ClN3O2/c1-7-4-9-12(11-6-19-20(3)16(11)18)14-10(5-8(2)21-14)13(17)15(9)22-7/h6-8H,4-5,18H2,1-3H3. The van der Waals surface area contributed by atoms with Gasteiger partial charge >= 0.3 is 0 Å². The molecule has 1 aromatic heterocycles. The number of aryl methyl sites for hydroxylation is 1. The van der Waals surface area contributed by atoms with Crippen molar-refractivity contribution in [3.63, 3.8) is 0 Å². The van der Waals surface area contributed by atoms with Gasteiger partial charge in [-0.15, -0.1) is 0 Å². The molecule has 0 fully saturated rings. The van der Waals surface area contributed by atoms with Crippen molar-refractivity contribution in [2.45, 2.75) is 38.9 Å². The van der Waals surface area contributed by atoms with Crippen molar-refractivity contribution in [1.29, 1.82) is 0 Å². The molecule has 0 saturated heterocycles. The number of fused-ring (bicyclic) bond motifs is 2. The number of nitrogens with two attached hydrogens (primary N) is 1. The molecule has 0 bridgehead atoms. The molecule has 22 heavy (non-hydrogen) atoms. The Labute approximate surface area is 134 Å². The van der Waals surface area contributed by atoms with Crippen molar-refractivity contribution >= 4 is 17.4 Å². The summed E-state index contributed by atoms with van der Waals surface area (Å²) < 4.78 is 13.7. The second-order valence-electron chi connectivity index (χ2n) is 6.14. The Balaban J connectivity index is 2.04. The van der Waals surface area contributed by atoms with Crippen LogP contribution in [0.2, 0.25) is 5.02 Å². The fourth-order valence-corrected chi connectivity index (χ4v) is 3.71. The Kier molecular flexibility index (Phi) is 2.85. The molecular formula is C16H18ClN3O2. The zero-order valence-corrected chi connectivity index (χ0v) is 13.6. The molecule has 6 heteroatoms. The Morgan fingerprint density at radius 2 is 1.82 bits per heavy atom. The molecule has 1 aromatic carbocycles. The van der Waals surface area contributed by atoms with Gasteiger partial charge in [0, 0.05) is 42.1 Å². The average Bonchev–Trinajstić information content (AvgIpc) is 3.12. The lowest BCUT2D eigenvalue weighted by Crippen LogP contribution is -2.07. The van der Waals surface area contributed by atoms with Gasteiger partial charge < -0.3 is 15.2 Å². The summed E-state index contributed by atoms with van der Waals surface area (Å²) in [4.78, 5) is 0. The number of halogens is 1. The number of ether oxygens (including phenoxy) is 2. The maximum absolute atomic E-state index is 6.58. The molecule has 3 heterocycles. The van der Waals surface area contributed by atoms with E-state index in [1.165, 1.54) is 0 Å². The molecule has 2 atom stereocenters. The number of nitrogen functional groups attached to an aromatic ring is 1. The van der Waals surface area contributed by atoms with E-state index < -0.39 is 0 Å². The number of anilines is 1. The predicted octanol–water partition coefficient (Wildman–Crippen LogP) is 2.97. The highest BCUT2D eigenvalue weighted by molar-refractivity contribution is 6.33. The first-order valence-corrected chi connectivity index (χ1v) is 7.83. The molecule has 0 spiro atoms. The van der Waals surface area contributed by atoms with Crippen molar-refractivity contribution in [1.82, 2.24) is 9.78 Å². The molecule has 116 valence electrons. The molecule has 2 aliphatic heterocycles. The monoisotopic (exact) mass is 319 g/mol. The lowest BCUT2D eigenvalue weighted by atomic mass is 9.94. The van der Waals surface area contributed by atoms with Crippen LogP contribution in [0.25, 0.3) is 11.1 Å². The van der Waals surface area contributed by atoms with E-state index in [0.717, 1.165) is 46.6 Å². The average molecular weight is 320 g/mol. The lowest BCUT2D eigenvalue weighted by molar-refractivity contribution is 0.254. The number of hydrogen-bond acceptors (Lipinski definition) is 4. The van der Waals surface area contributed by atoms with Crippen LogP contribution in [0.4, 0.5) is 5.82 Å². The third kappa shape index (κ3) is 1.75. The Morgan fingerprint density at radius 1 is 1.18 bits per heavy atom. The predicted molar refractivity (Wildman–Crippen MR) is 85.7 cm³/mol. The van der Waals surface area contributed by atoms with Crippen LogP contribution in [-0.4, -0.2) is 22.0 Å². The van der Waals surface area contributed by atoms with Crippen LogP contribution < -0.4 is 15.2 Å². The number of hydrogen-bond donors (Lipinski definition) is 1. The van der Waals surface area contributed by atoms with Gasteiger partial charge in [-0.3, -0.25) is 4.68 Å². The van der Waals surface area contributed by atoms with E-state index in [1.54, 1.807) is 10.9 Å². The third-order valence-corrected chi connectivity index (χ3v) is 4.82. The second kappa shape index (κ2) is 4.56. The van der Waals surface area contributed by atoms with Gasteiger partial charge in [0.05, 0.1) is 11.2 Å². The van der Waals surface area contributed by atoms with Gasteiger partial charge in [-0.1, -0.05) is 11.6 Å². The summed E-state index contributed by atoms with van der Waals surface area (Å²) >= 11 is 6.58. The normalized spacial score (nSPS) is 22.2. The van der Waals surface area contributed by atoms with Gasteiger partial charge in [-0.2, -0.15) is 5.10 Å². The lowest BCUT2D eigenvalue weighted by Gasteiger charge is -2.14. The van der Waals surface area contributed by atoms with Crippen LogP contribution in [0.1, 0.15) is 25.0 Å². The number of nitrogens with zero attached hydrogens (tertiary/aromatic N) is 2. The van der Waals surface area contributed by atoms with Crippen LogP contribution >= 0.6 is 11.6 Å². The minimum absolute atomic E-state index is 0.101. The molecule has 5 nitrogen and oxygen atoms in total. The van der Waals surface area contributed by atoms with Crippen LogP contribution in [0.5, 0.6) is 11.5 Å². The summed E-state index contributed by atoms with van der Waals surface area (Å²) in [5, 5.41) is 4.95. The topological polar surface area (TPSA) is 62.3 Å². The van der Waals surface area contributed by atoms with Crippen molar-refractivity contribution in [3.05, 3.63) is 22.3 Å². The maximum Gasteiger partial charge on any atom is 0.142 e. The summed E-state index contributed by atoms with van der Waals surface area (Å²) in [6.45, 7) is 4.09. The molecule has 0 saturated carbocycles. The minimum Gasteiger partial charge on any atom is -0.489 e. The fraction of sp³-hybridized carbons (Fsp3) is 0.438. The van der Waals surface area contributed by atoms with E-state index in [4.69, 9.17) is 26.8 Å². The molecule has 0 radical (unpaired) electrons. The van der Waals surface area contributed by atoms with E-state index >= 15 is 0 Å². The SMILES string of the molecule is CC1Cc2c(c(Cl)c3c(c2-c2cnn(C)c2N)OC(C)C3)O1. The molecule has 0 amide bonds. The molecule has 2 unspecified atom stereocenters. The first kappa shape index (κ1) is 13.8. The Bertz CT molecular complexity index is 745. The highest BCUT2D eigenvalue weighted by atomic mass is 35.5. The van der Waals surface area contributed by atoms with E-state index in [9.17, 15) is 0 Å². The zero-order valence-electron chi connectivity index (χ0n) is 12.8. The van der Waals surface area contributed by atoms with Crippen LogP contribution in [0.3, 0.4) is 0 Å². The largest absolute Gasteiger partial charge is 0.489 e. The quantitative estimate of drug-likeness (QED) is 0.877. The van der Waals surface area contributed by atoms with E-state index in [0.29, 0.717) is 10.8 Å². The summed E-state index contributed by atoms with van der Waals surface area (Å²) in [5.41, 5.74) is 10.2. The third-order valence-electron chi connectivity index (χ3n) is 4.42. The van der Waals surface area contributed by atoms with Gasteiger partial charge in [-0.05, 0) is 13.8 Å². The van der Waals surface area contributed by atoms with Gasteiger partial charge in [0.2, 0.25) is 0 Å². The van der Waals surface area contributed by atoms with Gasteiger partial charge in [0.15, 0.2) is 0 Å². The van der Waals surface area contributed by atoms with Crippen molar-refractivity contribution in [2.24, 2.45) is 7.05 Å². The summed E-state index contributed by atoms with van der Waals surface area (Å²) in [7, 11) is 1.83. The van der Waals surface area contributed by atoms with Crippen LogP contribution in [-0.2, 0) is 19.9 Å². The van der Waals surface area contributed by atoms with Crippen LogP contribution in [0.15, 0.2) is 6.20 Å². The molecule has 2 aliphatic rings. The fourth-order valence-electron chi connectivity index (χ4n) is 3.39. The summed E-state index contributed by atoms with van der Waals surface area (Å²) in [6.07, 6.45) is 3.57. The highest BCUT2D eigenvalue weighted by Gasteiger charge is 2.36. The number of aromatic nitrogens is 2. The first-order valence-electron chi connectivity index (χ1n) is 7.45. The number of rotatable bonds is 1. The van der Waals surface area contributed by atoms with Gasteiger partial charge in [0.1, 0.15) is 29.5 Å². The van der Waals surface area contributed by atoms with Crippen molar-refractivity contribution in [2.75, 3.05) is 5.73 Å². The van der Waals surface area contributed by atoms with Crippen molar-refractivity contribution in [3.8, 4) is 22.6 Å². The molecule has 4 rings (SSSR count). The van der Waals surface area contributed by atoms with Gasteiger partial charge in [-0.25, -0.2) is 0 Å². The zero-order chi connectivity index (χ0) is 15.6. The van der Waals surface area contributed by atoms with E-state index in [-0.39, 0.29) is 12.2 Å². The van der Waals surface area contributed by atoms with E-state index in [2.05, 4.69) is 5.10 Å². The highest BCUT2D eigenvalue weighted by Crippen LogP contribution is 2.53. The Morgan fingerprint density at radius 3 is 2.45 bits per heavy atom. The van der Waals surface area contributed by atoms with Gasteiger partial charge in [0.25, 0.3) is 0 Å². The summed E-state index contributed by atoms with van der Waals surface area (Å²) in [6, 6.07) is 0. The second-order valence-corrected chi connectivity index (χ2v) is 6.51. The molecule has 0 aliphatic carbocycles. The van der Waals surface area contributed by atoms with Crippen LogP contribution in [0, 0.1) is 0 Å². The van der Waals surface area contributed by atoms with Crippen molar-refractivity contribution < 1.29 is 9.47 Å². The smallest absolute Gasteiger partial charge is 0.142 e. The summed E-state index contributed by atoms with van der Waals surface area (Å²) in [5.74, 6) is 2.24. The van der Waals surface area contributed by atoms with E-state index in [1.807, 2.05) is 20.9 Å². The first-order chi connectivity index (χ1) is 10.5. The molecule has 2 aromatic rings. The molecule has 2 N–H and O–H groups in total. The Hall–Kier alpha value is -1.88. The minimum atomic E-state index is 0.101. The molecular weight excluding hydrogens is 302 g/mol.